The number of ether oxygens (including phenoxy) is 2. The number of amides is 1. The molecule has 0 radical (unpaired) electrons. The third-order valence-corrected chi connectivity index (χ3v) is 16.9. The smallest absolute Gasteiger partial charge is 0.308 e. The zero-order chi connectivity index (χ0) is 38.6. The largest absolute Gasteiger partial charge is 0.481 e. The molecule has 2 bridgehead atoms. The number of aromatic nitrogens is 3. The van der Waals surface area contributed by atoms with Crippen molar-refractivity contribution in [2.45, 2.75) is 119 Å². The molecule has 0 spiro atoms. The molecule has 1 aromatic heterocycles. The molecule has 4 aliphatic carbocycles. The first kappa shape index (κ1) is 39.1. The number of fused-ring (bicyclic) bond motifs is 3. The first-order valence-corrected chi connectivity index (χ1v) is 19.6. The van der Waals surface area contributed by atoms with Crippen molar-refractivity contribution < 1.29 is 29.0 Å². The molecule has 52 heavy (non-hydrogen) atoms. The zero-order valence-corrected chi connectivity index (χ0v) is 33.8. The molecule has 290 valence electrons. The fourth-order valence-corrected chi connectivity index (χ4v) is 12.6. The monoisotopic (exact) mass is 723 g/mol. The van der Waals surface area contributed by atoms with Gasteiger partial charge in [0.15, 0.2) is 5.78 Å². The van der Waals surface area contributed by atoms with Gasteiger partial charge < -0.3 is 25.2 Å². The number of rotatable bonds is 10. The number of carboxylic acid groups (broad SMARTS) is 1. The third-order valence-electron chi connectivity index (χ3n) is 16.9. The number of ketones is 1. The minimum absolute atomic E-state index is 0.000560. The molecule has 3 saturated carbocycles. The van der Waals surface area contributed by atoms with Crippen molar-refractivity contribution in [3.05, 3.63) is 23.8 Å². The Bertz CT molecular complexity index is 1630. The van der Waals surface area contributed by atoms with Gasteiger partial charge in [0.1, 0.15) is 6.33 Å². The Kier molecular flexibility index (Phi) is 9.56. The summed E-state index contributed by atoms with van der Waals surface area (Å²) in [5.41, 5.74) is 3.50. The molecule has 1 amide bonds. The minimum Gasteiger partial charge on any atom is -0.481 e. The molecule has 12 atom stereocenters. The van der Waals surface area contributed by atoms with E-state index in [1.807, 2.05) is 13.0 Å². The van der Waals surface area contributed by atoms with Crippen LogP contribution in [-0.4, -0.2) is 88.0 Å². The van der Waals surface area contributed by atoms with Gasteiger partial charge in [0.05, 0.1) is 37.9 Å². The summed E-state index contributed by atoms with van der Waals surface area (Å²) in [5.74, 6) is -1.50. The summed E-state index contributed by atoms with van der Waals surface area (Å²) in [4.78, 5) is 47.9. The molecule has 2 heterocycles. The lowest BCUT2D eigenvalue weighted by atomic mass is 9.34. The average Bonchev–Trinajstić information content (AvgIpc) is 3.55. The van der Waals surface area contributed by atoms with Crippen LogP contribution in [-0.2, 0) is 19.1 Å². The lowest BCUT2D eigenvalue weighted by molar-refractivity contribution is -0.253. The highest BCUT2D eigenvalue weighted by molar-refractivity contribution is 6.00. The summed E-state index contributed by atoms with van der Waals surface area (Å²) in [7, 11) is 4.16. The van der Waals surface area contributed by atoms with E-state index in [1.165, 1.54) is 6.33 Å². The van der Waals surface area contributed by atoms with E-state index in [4.69, 9.17) is 15.2 Å². The van der Waals surface area contributed by atoms with E-state index in [1.54, 1.807) is 4.68 Å². The number of carboxylic acids is 1. The predicted octanol–water partition coefficient (Wildman–Crippen LogP) is 6.05. The Morgan fingerprint density at radius 3 is 2.37 bits per heavy atom. The topological polar surface area (TPSA) is 150 Å². The maximum absolute atomic E-state index is 15.1. The van der Waals surface area contributed by atoms with Gasteiger partial charge >= 0.3 is 5.97 Å². The molecular weight excluding hydrogens is 658 g/mol. The summed E-state index contributed by atoms with van der Waals surface area (Å²) in [6, 6.07) is -0.405. The zero-order valence-electron chi connectivity index (χ0n) is 33.8. The minimum atomic E-state index is -1.08. The van der Waals surface area contributed by atoms with E-state index in [2.05, 4.69) is 91.4 Å². The Labute approximate surface area is 310 Å². The number of nitrogens with zero attached hydrogens (tertiary/aromatic N) is 4. The standard InChI is InChI=1S/C41H65N5O6/c1-23(2)25(5)36(6)15-16-38(8)26-13-14-29-37(7)19-51-21-41(29,27(26)17-30(47)40(38,10)31(36)35(49)50)18-28(46-34(33(42)48)43-22-44-46)32(37)52-20-39(9,24(3)4)45(11)12/h17,22-26,28-29,31-32H,13-16,18-21H2,1-12H3,(H2,42,48)(H,49,50)/t25-,26+,28-,29+,31-,32+,36-,37+,38-,39+,40+,41?/m1/s1. The number of hydrogen-bond donors (Lipinski definition) is 2. The van der Waals surface area contributed by atoms with Crippen LogP contribution in [0.25, 0.3) is 0 Å². The number of primary amides is 1. The fourth-order valence-electron chi connectivity index (χ4n) is 12.6. The first-order chi connectivity index (χ1) is 24.1. The SMILES string of the molecule is CC(C)[C@@H](C)[C@@]1(C)CC[C@]2(C)[C@H]3CC[C@@H]4C5(COC[C@]4(C)[C@@H](OC[C@@](C)(C(C)C)N(C)C)[C@H](n4ncnc4C(N)=O)C5)C3=CC(=O)[C@@]2(C)[C@@H]1C(=O)O. The Morgan fingerprint density at radius 1 is 1.12 bits per heavy atom. The van der Waals surface area contributed by atoms with Gasteiger partial charge in [-0.1, -0.05) is 67.9 Å². The van der Waals surface area contributed by atoms with Crippen LogP contribution >= 0.6 is 0 Å². The van der Waals surface area contributed by atoms with Crippen LogP contribution in [0.1, 0.15) is 118 Å². The van der Waals surface area contributed by atoms with Crippen LogP contribution < -0.4 is 5.73 Å². The van der Waals surface area contributed by atoms with Crippen LogP contribution in [0.3, 0.4) is 0 Å². The van der Waals surface area contributed by atoms with Crippen molar-refractivity contribution in [2.75, 3.05) is 33.9 Å². The Hall–Kier alpha value is -2.63. The lowest BCUT2D eigenvalue weighted by Crippen LogP contribution is -2.70. The number of aliphatic carboxylic acids is 1. The van der Waals surface area contributed by atoms with E-state index in [-0.39, 0.29) is 46.9 Å². The van der Waals surface area contributed by atoms with Gasteiger partial charge in [-0.25, -0.2) is 9.67 Å². The van der Waals surface area contributed by atoms with Gasteiger partial charge in [0, 0.05) is 21.8 Å². The van der Waals surface area contributed by atoms with Gasteiger partial charge in [-0.3, -0.25) is 14.4 Å². The molecule has 4 fully saturated rings. The van der Waals surface area contributed by atoms with Crippen molar-refractivity contribution in [1.82, 2.24) is 19.7 Å². The normalized spacial score (nSPS) is 41.9. The molecule has 11 nitrogen and oxygen atoms in total. The predicted molar refractivity (Wildman–Crippen MR) is 198 cm³/mol. The molecule has 0 aromatic carbocycles. The van der Waals surface area contributed by atoms with Crippen molar-refractivity contribution in [2.24, 2.45) is 68.3 Å². The first-order valence-electron chi connectivity index (χ1n) is 19.6. The van der Waals surface area contributed by atoms with E-state index in [0.29, 0.717) is 32.2 Å². The molecule has 6 rings (SSSR count). The van der Waals surface area contributed by atoms with Crippen molar-refractivity contribution >= 4 is 17.7 Å². The molecule has 1 saturated heterocycles. The number of carbonyl (C=O) groups is 3. The van der Waals surface area contributed by atoms with Gasteiger partial charge in [0.25, 0.3) is 5.91 Å². The summed E-state index contributed by atoms with van der Waals surface area (Å²) in [6.45, 7) is 23.0. The second-order valence-corrected chi connectivity index (χ2v) is 19.5. The highest BCUT2D eigenvalue weighted by atomic mass is 16.5. The van der Waals surface area contributed by atoms with Crippen molar-refractivity contribution in [3.63, 3.8) is 0 Å². The highest BCUT2D eigenvalue weighted by Crippen LogP contribution is 2.75. The Morgan fingerprint density at radius 2 is 1.79 bits per heavy atom. The fraction of sp³-hybridized carbons (Fsp3) is 0.829. The van der Waals surface area contributed by atoms with Crippen molar-refractivity contribution in [1.29, 1.82) is 0 Å². The summed E-state index contributed by atoms with van der Waals surface area (Å²) in [5, 5.41) is 15.7. The number of allylic oxidation sites excluding steroid dienone is 1. The van der Waals surface area contributed by atoms with Crippen LogP contribution in [0.15, 0.2) is 18.0 Å². The number of carbonyl (C=O) groups excluding carboxylic acids is 2. The van der Waals surface area contributed by atoms with E-state index in [9.17, 15) is 14.7 Å². The summed E-state index contributed by atoms with van der Waals surface area (Å²) in [6.07, 6.45) is 6.69. The second kappa shape index (κ2) is 12.7. The average molecular weight is 724 g/mol. The quantitative estimate of drug-likeness (QED) is 0.294. The summed E-state index contributed by atoms with van der Waals surface area (Å²) < 4.78 is 15.5. The van der Waals surface area contributed by atoms with Gasteiger partial charge in [-0.05, 0) is 99.6 Å². The van der Waals surface area contributed by atoms with Gasteiger partial charge in [-0.2, -0.15) is 5.10 Å². The molecule has 11 heteroatoms. The van der Waals surface area contributed by atoms with E-state index >= 15 is 4.79 Å². The highest BCUT2D eigenvalue weighted by Gasteiger charge is 2.74. The molecule has 5 aliphatic rings. The molecule has 1 aromatic rings. The molecule has 3 N–H and O–H groups in total. The number of hydrogen-bond acceptors (Lipinski definition) is 8. The lowest BCUT2D eigenvalue weighted by Gasteiger charge is -2.70. The maximum Gasteiger partial charge on any atom is 0.308 e. The molecular formula is C41H65N5O6. The number of likely N-dealkylation sites (N-methyl/N-ethyl adjacent to an activating group) is 1. The van der Waals surface area contributed by atoms with E-state index < -0.39 is 50.9 Å². The van der Waals surface area contributed by atoms with Crippen molar-refractivity contribution in [3.8, 4) is 0 Å². The van der Waals surface area contributed by atoms with Crippen LogP contribution in [0.4, 0.5) is 0 Å². The van der Waals surface area contributed by atoms with E-state index in [0.717, 1.165) is 31.3 Å². The van der Waals surface area contributed by atoms with Crippen LogP contribution in [0.5, 0.6) is 0 Å². The van der Waals surface area contributed by atoms with Gasteiger partial charge in [0.2, 0.25) is 5.82 Å². The molecule has 1 unspecified atom stereocenters. The van der Waals surface area contributed by atoms with Crippen LogP contribution in [0, 0.1) is 62.6 Å². The summed E-state index contributed by atoms with van der Waals surface area (Å²) >= 11 is 0. The Balaban J connectivity index is 1.50. The number of nitrogens with two attached hydrogens (primary N) is 1. The third kappa shape index (κ3) is 5.10. The maximum atomic E-state index is 15.1. The second-order valence-electron chi connectivity index (χ2n) is 19.5. The molecule has 1 aliphatic heterocycles. The van der Waals surface area contributed by atoms with Gasteiger partial charge in [-0.15, -0.1) is 0 Å². The van der Waals surface area contributed by atoms with Crippen LogP contribution in [0.2, 0.25) is 0 Å².